The summed E-state index contributed by atoms with van der Waals surface area (Å²) in [6, 6.07) is 0. The second kappa shape index (κ2) is 6.42. The Balaban J connectivity index is 2.06. The van der Waals surface area contributed by atoms with Gasteiger partial charge >= 0.3 is 0 Å². The van der Waals surface area contributed by atoms with Crippen molar-refractivity contribution in [2.75, 3.05) is 26.0 Å². The molecule has 0 radical (unpaired) electrons. The fraction of sp³-hybridized carbons (Fsp3) is 0.538. The van der Waals surface area contributed by atoms with E-state index in [1.54, 1.807) is 4.68 Å². The SMILES string of the molecule is COCC(O)CCNC(=O)c1sc2c(c(C)nn2C)c1N. The number of aliphatic hydroxyl groups is 1. The zero-order valence-electron chi connectivity index (χ0n) is 12.3. The van der Waals surface area contributed by atoms with Crippen LogP contribution in [0.2, 0.25) is 0 Å². The second-order valence-electron chi connectivity index (χ2n) is 4.89. The van der Waals surface area contributed by atoms with E-state index in [0.29, 0.717) is 23.5 Å². The summed E-state index contributed by atoms with van der Waals surface area (Å²) in [7, 11) is 3.35. The molecule has 2 aromatic rings. The van der Waals surface area contributed by atoms with E-state index in [1.165, 1.54) is 18.4 Å². The van der Waals surface area contributed by atoms with Crippen molar-refractivity contribution in [2.24, 2.45) is 7.05 Å². The minimum absolute atomic E-state index is 0.224. The predicted octanol–water partition coefficient (Wildman–Crippen LogP) is 0.653. The summed E-state index contributed by atoms with van der Waals surface area (Å²) in [5.74, 6) is -0.224. The number of nitrogen functional groups attached to an aromatic ring is 1. The predicted molar refractivity (Wildman–Crippen MR) is 82.6 cm³/mol. The number of fused-ring (bicyclic) bond motifs is 1. The van der Waals surface area contributed by atoms with Crippen LogP contribution < -0.4 is 11.1 Å². The fourth-order valence-electron chi connectivity index (χ4n) is 2.21. The summed E-state index contributed by atoms with van der Waals surface area (Å²) in [6.07, 6.45) is -0.146. The molecule has 4 N–H and O–H groups in total. The van der Waals surface area contributed by atoms with Crippen LogP contribution in [0, 0.1) is 6.92 Å². The minimum Gasteiger partial charge on any atom is -0.397 e. The minimum atomic E-state index is -0.582. The highest BCUT2D eigenvalue weighted by molar-refractivity contribution is 7.21. The van der Waals surface area contributed by atoms with Crippen LogP contribution in [-0.4, -0.2) is 47.2 Å². The van der Waals surface area contributed by atoms with Gasteiger partial charge in [0.05, 0.1) is 29.5 Å². The van der Waals surface area contributed by atoms with Gasteiger partial charge in [-0.25, -0.2) is 0 Å². The molecular formula is C13H20N4O3S. The molecule has 0 aliphatic carbocycles. The molecule has 0 spiro atoms. The molecule has 2 aromatic heterocycles. The van der Waals surface area contributed by atoms with Crippen molar-refractivity contribution in [3.63, 3.8) is 0 Å². The highest BCUT2D eigenvalue weighted by Crippen LogP contribution is 2.35. The lowest BCUT2D eigenvalue weighted by atomic mass is 10.2. The van der Waals surface area contributed by atoms with Gasteiger partial charge in [0, 0.05) is 20.7 Å². The zero-order chi connectivity index (χ0) is 15.6. The van der Waals surface area contributed by atoms with Gasteiger partial charge in [-0.2, -0.15) is 5.10 Å². The van der Waals surface area contributed by atoms with Crippen molar-refractivity contribution >= 4 is 33.1 Å². The molecular weight excluding hydrogens is 292 g/mol. The maximum absolute atomic E-state index is 12.2. The average molecular weight is 312 g/mol. The Morgan fingerprint density at radius 2 is 2.33 bits per heavy atom. The van der Waals surface area contributed by atoms with Crippen molar-refractivity contribution in [3.8, 4) is 0 Å². The van der Waals surface area contributed by atoms with E-state index in [1.807, 2.05) is 14.0 Å². The smallest absolute Gasteiger partial charge is 0.263 e. The number of methoxy groups -OCH3 is 1. The number of aryl methyl sites for hydroxylation is 2. The number of ether oxygens (including phenoxy) is 1. The van der Waals surface area contributed by atoms with Gasteiger partial charge in [-0.3, -0.25) is 9.48 Å². The number of carbonyl (C=O) groups is 1. The lowest BCUT2D eigenvalue weighted by molar-refractivity contribution is 0.0588. The molecule has 7 nitrogen and oxygen atoms in total. The third-order valence-corrected chi connectivity index (χ3v) is 4.48. The summed E-state index contributed by atoms with van der Waals surface area (Å²) >= 11 is 1.32. The molecule has 8 heteroatoms. The molecule has 1 amide bonds. The normalized spacial score (nSPS) is 12.8. The summed E-state index contributed by atoms with van der Waals surface area (Å²) in [6.45, 7) is 2.49. The largest absolute Gasteiger partial charge is 0.397 e. The van der Waals surface area contributed by atoms with Crippen LogP contribution in [0.5, 0.6) is 0 Å². The van der Waals surface area contributed by atoms with Crippen molar-refractivity contribution < 1.29 is 14.6 Å². The molecule has 1 unspecified atom stereocenters. The Hall–Kier alpha value is -1.64. The van der Waals surface area contributed by atoms with Crippen LogP contribution in [0.4, 0.5) is 5.69 Å². The van der Waals surface area contributed by atoms with Crippen molar-refractivity contribution in [3.05, 3.63) is 10.6 Å². The number of anilines is 1. The lowest BCUT2D eigenvalue weighted by Crippen LogP contribution is -2.28. The van der Waals surface area contributed by atoms with E-state index in [4.69, 9.17) is 10.5 Å². The summed E-state index contributed by atoms with van der Waals surface area (Å²) in [4.78, 5) is 13.5. The number of hydrogen-bond acceptors (Lipinski definition) is 6. The van der Waals surface area contributed by atoms with E-state index in [9.17, 15) is 9.90 Å². The van der Waals surface area contributed by atoms with E-state index in [2.05, 4.69) is 10.4 Å². The van der Waals surface area contributed by atoms with E-state index < -0.39 is 6.10 Å². The van der Waals surface area contributed by atoms with Gasteiger partial charge in [-0.15, -0.1) is 11.3 Å². The second-order valence-corrected chi connectivity index (χ2v) is 5.89. The van der Waals surface area contributed by atoms with Crippen LogP contribution in [0.25, 0.3) is 10.2 Å². The van der Waals surface area contributed by atoms with Crippen molar-refractivity contribution in [1.82, 2.24) is 15.1 Å². The molecule has 2 rings (SSSR count). The van der Waals surface area contributed by atoms with Gasteiger partial charge in [0.1, 0.15) is 9.71 Å². The third-order valence-electron chi connectivity index (χ3n) is 3.21. The molecule has 0 aliphatic heterocycles. The first-order valence-electron chi connectivity index (χ1n) is 6.62. The van der Waals surface area contributed by atoms with E-state index in [0.717, 1.165) is 15.9 Å². The summed E-state index contributed by atoms with van der Waals surface area (Å²) in [5, 5.41) is 17.4. The first-order chi connectivity index (χ1) is 9.95. The number of hydrogen-bond donors (Lipinski definition) is 3. The molecule has 0 bridgehead atoms. The highest BCUT2D eigenvalue weighted by Gasteiger charge is 2.20. The Morgan fingerprint density at radius 1 is 1.62 bits per heavy atom. The standard InChI is InChI=1S/C13H20N4O3S/c1-7-9-10(14)11(21-13(9)17(2)16-7)12(19)15-5-4-8(18)6-20-3/h8,18H,4-6,14H2,1-3H3,(H,15,19). The Kier molecular flexibility index (Phi) is 4.81. The van der Waals surface area contributed by atoms with Gasteiger partial charge in [0.25, 0.3) is 5.91 Å². The monoisotopic (exact) mass is 312 g/mol. The van der Waals surface area contributed by atoms with Gasteiger partial charge in [-0.1, -0.05) is 0 Å². The van der Waals surface area contributed by atoms with Gasteiger partial charge in [-0.05, 0) is 13.3 Å². The fourth-order valence-corrected chi connectivity index (χ4v) is 3.31. The number of aromatic nitrogens is 2. The average Bonchev–Trinajstić information content (AvgIpc) is 2.89. The van der Waals surface area contributed by atoms with Gasteiger partial charge in [0.15, 0.2) is 0 Å². The Bertz CT molecular complexity index is 649. The van der Waals surface area contributed by atoms with E-state index >= 15 is 0 Å². The summed E-state index contributed by atoms with van der Waals surface area (Å²) in [5.41, 5.74) is 7.34. The third kappa shape index (κ3) is 3.17. The van der Waals surface area contributed by atoms with Gasteiger partial charge in [0.2, 0.25) is 0 Å². The first kappa shape index (κ1) is 15.7. The van der Waals surface area contributed by atoms with Crippen LogP contribution in [-0.2, 0) is 11.8 Å². The zero-order valence-corrected chi connectivity index (χ0v) is 13.2. The summed E-state index contributed by atoms with van der Waals surface area (Å²) < 4.78 is 6.56. The number of nitrogens with zero attached hydrogens (tertiary/aromatic N) is 2. The molecule has 0 aliphatic rings. The molecule has 0 aromatic carbocycles. The molecule has 116 valence electrons. The molecule has 2 heterocycles. The number of thiophene rings is 1. The number of nitrogens with one attached hydrogen (secondary N) is 1. The molecule has 0 fully saturated rings. The lowest BCUT2D eigenvalue weighted by Gasteiger charge is -2.09. The maximum atomic E-state index is 12.2. The Labute approximate surface area is 126 Å². The quantitative estimate of drug-likeness (QED) is 0.727. The van der Waals surface area contributed by atoms with Crippen molar-refractivity contribution in [2.45, 2.75) is 19.4 Å². The van der Waals surface area contributed by atoms with Crippen LogP contribution >= 0.6 is 11.3 Å². The maximum Gasteiger partial charge on any atom is 0.263 e. The highest BCUT2D eigenvalue weighted by atomic mass is 32.1. The van der Waals surface area contributed by atoms with Crippen LogP contribution in [0.1, 0.15) is 21.8 Å². The Morgan fingerprint density at radius 3 is 2.95 bits per heavy atom. The number of aliphatic hydroxyl groups excluding tert-OH is 1. The van der Waals surface area contributed by atoms with Gasteiger partial charge < -0.3 is 20.9 Å². The number of nitrogens with two attached hydrogens (primary N) is 1. The first-order valence-corrected chi connectivity index (χ1v) is 7.44. The van der Waals surface area contributed by atoms with E-state index in [-0.39, 0.29) is 12.5 Å². The molecule has 0 saturated carbocycles. The molecule has 0 saturated heterocycles. The number of amides is 1. The van der Waals surface area contributed by atoms with Crippen LogP contribution in [0.15, 0.2) is 0 Å². The van der Waals surface area contributed by atoms with Crippen molar-refractivity contribution in [1.29, 1.82) is 0 Å². The topological polar surface area (TPSA) is 102 Å². The number of carbonyl (C=O) groups excluding carboxylic acids is 1. The molecule has 21 heavy (non-hydrogen) atoms. The molecule has 1 atom stereocenters. The number of rotatable bonds is 6. The van der Waals surface area contributed by atoms with Crippen LogP contribution in [0.3, 0.4) is 0 Å².